The van der Waals surface area contributed by atoms with Gasteiger partial charge in [-0.05, 0) is 45.9 Å². The van der Waals surface area contributed by atoms with Crippen LogP contribution < -0.4 is 4.90 Å². The van der Waals surface area contributed by atoms with E-state index in [0.717, 1.165) is 29.8 Å². The van der Waals surface area contributed by atoms with Gasteiger partial charge in [0, 0.05) is 38.5 Å². The first kappa shape index (κ1) is 18.5. The molecule has 0 bridgehead atoms. The summed E-state index contributed by atoms with van der Waals surface area (Å²) < 4.78 is 13.0. The smallest absolute Gasteiger partial charge is 0.410 e. The van der Waals surface area contributed by atoms with Crippen molar-refractivity contribution < 1.29 is 14.3 Å². The lowest BCUT2D eigenvalue weighted by molar-refractivity contribution is 0.0240. The molecule has 2 heterocycles. The quantitative estimate of drug-likeness (QED) is 0.838. The Labute approximate surface area is 154 Å². The van der Waals surface area contributed by atoms with Gasteiger partial charge in [0.1, 0.15) is 12.3 Å². The zero-order valence-electron chi connectivity index (χ0n) is 16.1. The average Bonchev–Trinajstić information content (AvgIpc) is 3.01. The number of carbonyl (C=O) groups is 1. The highest BCUT2D eigenvalue weighted by atomic mass is 16.6. The number of amides is 1. The highest BCUT2D eigenvalue weighted by molar-refractivity contribution is 5.80. The fourth-order valence-electron chi connectivity index (χ4n) is 3.01. The second-order valence-electron chi connectivity index (χ2n) is 7.46. The van der Waals surface area contributed by atoms with Crippen LogP contribution in [-0.2, 0) is 16.2 Å². The molecule has 7 nitrogen and oxygen atoms in total. The molecular weight excluding hydrogens is 332 g/mol. The summed E-state index contributed by atoms with van der Waals surface area (Å²) in [5.41, 5.74) is 2.70. The Balaban J connectivity index is 1.66. The summed E-state index contributed by atoms with van der Waals surface area (Å²) in [6.45, 7) is 11.7. The number of imidazole rings is 1. The summed E-state index contributed by atoms with van der Waals surface area (Å²) in [6.07, 6.45) is 1.58. The van der Waals surface area contributed by atoms with Gasteiger partial charge in [0.2, 0.25) is 0 Å². The minimum Gasteiger partial charge on any atom is -0.444 e. The maximum atomic E-state index is 12.2. The van der Waals surface area contributed by atoms with Crippen LogP contribution in [0.4, 0.5) is 10.5 Å². The number of hydrogen-bond donors (Lipinski definition) is 0. The van der Waals surface area contributed by atoms with Crippen molar-refractivity contribution in [3.8, 4) is 0 Å². The molecule has 0 atom stereocenters. The van der Waals surface area contributed by atoms with Gasteiger partial charge < -0.3 is 23.8 Å². The second kappa shape index (κ2) is 7.53. The third-order valence-corrected chi connectivity index (χ3v) is 4.34. The third-order valence-electron chi connectivity index (χ3n) is 4.34. The molecule has 1 aromatic heterocycles. The number of aromatic nitrogens is 2. The molecule has 1 saturated heterocycles. The predicted octanol–water partition coefficient (Wildman–Crippen LogP) is 3.09. The summed E-state index contributed by atoms with van der Waals surface area (Å²) >= 11 is 0. The summed E-state index contributed by atoms with van der Waals surface area (Å²) in [6, 6.07) is 6.27. The first-order valence-corrected chi connectivity index (χ1v) is 9.13. The molecule has 26 heavy (non-hydrogen) atoms. The number of ether oxygens (including phenoxy) is 2. The Bertz CT molecular complexity index is 758. The number of fused-ring (bicyclic) bond motifs is 1. The van der Waals surface area contributed by atoms with Crippen molar-refractivity contribution >= 4 is 22.8 Å². The number of anilines is 1. The third kappa shape index (κ3) is 4.27. The van der Waals surface area contributed by atoms with Gasteiger partial charge in [0.15, 0.2) is 0 Å². The van der Waals surface area contributed by atoms with Gasteiger partial charge >= 0.3 is 6.09 Å². The van der Waals surface area contributed by atoms with E-state index in [9.17, 15) is 4.79 Å². The van der Waals surface area contributed by atoms with Gasteiger partial charge in [-0.3, -0.25) is 0 Å². The molecule has 1 aliphatic heterocycles. The first-order chi connectivity index (χ1) is 12.4. The van der Waals surface area contributed by atoms with Gasteiger partial charge in [-0.25, -0.2) is 9.78 Å². The van der Waals surface area contributed by atoms with Crippen LogP contribution in [0, 0.1) is 0 Å². The van der Waals surface area contributed by atoms with E-state index in [0.29, 0.717) is 26.4 Å². The van der Waals surface area contributed by atoms with Gasteiger partial charge in [-0.2, -0.15) is 0 Å². The van der Waals surface area contributed by atoms with Crippen LogP contribution in [0.3, 0.4) is 0 Å². The van der Waals surface area contributed by atoms with Crippen LogP contribution in [0.2, 0.25) is 0 Å². The topological polar surface area (TPSA) is 59.8 Å². The van der Waals surface area contributed by atoms with E-state index in [1.807, 2.05) is 44.7 Å². The molecule has 0 saturated carbocycles. The van der Waals surface area contributed by atoms with Crippen molar-refractivity contribution in [1.29, 1.82) is 0 Å². The predicted molar refractivity (Wildman–Crippen MR) is 101 cm³/mol. The van der Waals surface area contributed by atoms with Crippen molar-refractivity contribution in [2.75, 3.05) is 37.7 Å². The van der Waals surface area contributed by atoms with Crippen LogP contribution in [-0.4, -0.2) is 58.9 Å². The van der Waals surface area contributed by atoms with Crippen LogP contribution in [0.15, 0.2) is 24.5 Å². The SMILES string of the molecule is CCOCn1cnc2ccc(N3CCN(C(=O)OC(C)(C)C)CC3)cc21. The Morgan fingerprint density at radius 3 is 2.58 bits per heavy atom. The Morgan fingerprint density at radius 2 is 1.92 bits per heavy atom. The number of carbonyl (C=O) groups excluding carboxylic acids is 1. The lowest BCUT2D eigenvalue weighted by Crippen LogP contribution is -2.50. The zero-order chi connectivity index (χ0) is 18.7. The maximum absolute atomic E-state index is 12.2. The molecule has 0 unspecified atom stereocenters. The van der Waals surface area contributed by atoms with E-state index < -0.39 is 5.60 Å². The number of benzene rings is 1. The van der Waals surface area contributed by atoms with E-state index in [2.05, 4.69) is 22.0 Å². The van der Waals surface area contributed by atoms with E-state index >= 15 is 0 Å². The van der Waals surface area contributed by atoms with E-state index in [1.165, 1.54) is 0 Å². The Kier molecular flexibility index (Phi) is 5.36. The van der Waals surface area contributed by atoms with E-state index in [1.54, 1.807) is 4.90 Å². The van der Waals surface area contributed by atoms with Gasteiger partial charge in [-0.1, -0.05) is 0 Å². The number of rotatable bonds is 4. The summed E-state index contributed by atoms with van der Waals surface area (Å²) in [4.78, 5) is 20.7. The lowest BCUT2D eigenvalue weighted by atomic mass is 10.2. The maximum Gasteiger partial charge on any atom is 0.410 e. The normalized spacial score (nSPS) is 15.5. The van der Waals surface area contributed by atoms with Gasteiger partial charge in [0.25, 0.3) is 0 Å². The minimum absolute atomic E-state index is 0.234. The highest BCUT2D eigenvalue weighted by Gasteiger charge is 2.26. The van der Waals surface area contributed by atoms with Crippen LogP contribution in [0.25, 0.3) is 11.0 Å². The first-order valence-electron chi connectivity index (χ1n) is 9.13. The number of piperazine rings is 1. The van der Waals surface area contributed by atoms with Gasteiger partial charge in [-0.15, -0.1) is 0 Å². The van der Waals surface area contributed by atoms with Crippen molar-refractivity contribution in [1.82, 2.24) is 14.5 Å². The van der Waals surface area contributed by atoms with Crippen molar-refractivity contribution in [2.24, 2.45) is 0 Å². The molecule has 3 rings (SSSR count). The van der Waals surface area contributed by atoms with Crippen molar-refractivity contribution in [3.05, 3.63) is 24.5 Å². The molecule has 1 amide bonds. The number of hydrogen-bond acceptors (Lipinski definition) is 5. The molecule has 2 aromatic rings. The molecule has 0 N–H and O–H groups in total. The minimum atomic E-state index is -0.460. The molecule has 0 radical (unpaired) electrons. The van der Waals surface area contributed by atoms with Crippen LogP contribution in [0.5, 0.6) is 0 Å². The van der Waals surface area contributed by atoms with E-state index in [-0.39, 0.29) is 6.09 Å². The molecular formula is C19H28N4O3. The molecule has 0 aliphatic carbocycles. The van der Waals surface area contributed by atoms with Crippen molar-refractivity contribution in [2.45, 2.75) is 40.0 Å². The molecule has 7 heteroatoms. The molecule has 1 aliphatic rings. The average molecular weight is 360 g/mol. The standard InChI is InChI=1S/C19H28N4O3/c1-5-25-14-23-13-20-16-7-6-15(12-17(16)23)21-8-10-22(11-9-21)18(24)26-19(2,3)4/h6-7,12-13H,5,8-11,14H2,1-4H3. The largest absolute Gasteiger partial charge is 0.444 e. The lowest BCUT2D eigenvalue weighted by Gasteiger charge is -2.36. The molecule has 1 fully saturated rings. The monoisotopic (exact) mass is 360 g/mol. The summed E-state index contributed by atoms with van der Waals surface area (Å²) in [7, 11) is 0. The Morgan fingerprint density at radius 1 is 1.19 bits per heavy atom. The van der Waals surface area contributed by atoms with E-state index in [4.69, 9.17) is 9.47 Å². The molecule has 142 valence electrons. The summed E-state index contributed by atoms with van der Waals surface area (Å²) in [5, 5.41) is 0. The second-order valence-corrected chi connectivity index (χ2v) is 7.46. The number of nitrogens with zero attached hydrogens (tertiary/aromatic N) is 4. The fraction of sp³-hybridized carbons (Fsp3) is 0.579. The van der Waals surface area contributed by atoms with Crippen molar-refractivity contribution in [3.63, 3.8) is 0 Å². The fourth-order valence-corrected chi connectivity index (χ4v) is 3.01. The van der Waals surface area contributed by atoms with Crippen LogP contribution >= 0.6 is 0 Å². The highest BCUT2D eigenvalue weighted by Crippen LogP contribution is 2.23. The zero-order valence-corrected chi connectivity index (χ0v) is 16.1. The summed E-state index contributed by atoms with van der Waals surface area (Å²) in [5.74, 6) is 0. The van der Waals surface area contributed by atoms with Gasteiger partial charge in [0.05, 0.1) is 17.4 Å². The Hall–Kier alpha value is -2.28. The van der Waals surface area contributed by atoms with Crippen LogP contribution in [0.1, 0.15) is 27.7 Å². The molecule has 1 aromatic carbocycles. The molecule has 0 spiro atoms.